The summed E-state index contributed by atoms with van der Waals surface area (Å²) in [6.07, 6.45) is -1.04. The number of fused-ring (bicyclic) bond motifs is 3. The largest absolute Gasteiger partial charge is 0.507 e. The smallest absolute Gasteiger partial charge is 0.305 e. The maximum Gasteiger partial charge on any atom is 0.305 e. The monoisotopic (exact) mass is 502 g/mol. The highest BCUT2D eigenvalue weighted by molar-refractivity contribution is 6.25. The number of Topliss-reactive ketones (excluding diaryl/α,β-unsaturated/α-hetero) is 3. The van der Waals surface area contributed by atoms with E-state index < -0.39 is 70.6 Å². The molecule has 1 amide bonds. The van der Waals surface area contributed by atoms with Crippen molar-refractivity contribution in [2.24, 2.45) is 29.4 Å². The third kappa shape index (κ3) is 3.64. The lowest BCUT2D eigenvalue weighted by Gasteiger charge is -2.54. The molecule has 1 aromatic rings. The van der Waals surface area contributed by atoms with E-state index in [1.807, 2.05) is 0 Å². The third-order valence-electron chi connectivity index (χ3n) is 8.10. The highest BCUT2D eigenvalue weighted by Gasteiger charge is 2.69. The number of aryl methyl sites for hydroxylation is 1. The van der Waals surface area contributed by atoms with Gasteiger partial charge in [0.15, 0.2) is 23.0 Å². The van der Waals surface area contributed by atoms with E-state index in [9.17, 15) is 39.3 Å². The number of methoxy groups -OCH3 is 1. The Labute approximate surface area is 207 Å². The van der Waals surface area contributed by atoms with Crippen LogP contribution in [-0.4, -0.2) is 88.4 Å². The van der Waals surface area contributed by atoms with Crippen molar-refractivity contribution in [1.82, 2.24) is 4.90 Å². The minimum absolute atomic E-state index is 0.0291. The molecular weight excluding hydrogens is 472 g/mol. The van der Waals surface area contributed by atoms with Crippen molar-refractivity contribution >= 4 is 29.2 Å². The van der Waals surface area contributed by atoms with Gasteiger partial charge in [-0.1, -0.05) is 6.07 Å². The second-order valence-electron chi connectivity index (χ2n) is 10.1. The van der Waals surface area contributed by atoms with Crippen LogP contribution in [0.1, 0.15) is 34.3 Å². The SMILES string of the molecule is COC(=O)CCc1ccc(O)c2c1C[C@@H]1C[C@@H]3[C@@H](N(C)C)C(O)C(C(N)=O)C(=O)[C@]3(O)C(=O)C1C2=O. The van der Waals surface area contributed by atoms with E-state index >= 15 is 0 Å². The minimum atomic E-state index is -2.69. The summed E-state index contributed by atoms with van der Waals surface area (Å²) >= 11 is 0. The Balaban J connectivity index is 1.81. The van der Waals surface area contributed by atoms with E-state index in [-0.39, 0.29) is 37.0 Å². The number of phenols is 1. The maximum absolute atomic E-state index is 13.8. The summed E-state index contributed by atoms with van der Waals surface area (Å²) < 4.78 is 4.69. The molecule has 194 valence electrons. The normalized spacial score (nSPS) is 33.6. The van der Waals surface area contributed by atoms with E-state index in [1.165, 1.54) is 18.1 Å². The van der Waals surface area contributed by atoms with Crippen LogP contribution in [0.2, 0.25) is 0 Å². The fraction of sp³-hybridized carbons (Fsp3) is 0.560. The van der Waals surface area contributed by atoms with Crippen molar-refractivity contribution in [3.63, 3.8) is 0 Å². The number of nitrogens with zero attached hydrogens (tertiary/aromatic N) is 1. The molecule has 5 N–H and O–H groups in total. The van der Waals surface area contributed by atoms with E-state index in [2.05, 4.69) is 0 Å². The molecule has 0 aromatic heterocycles. The number of esters is 1. The molecule has 0 aliphatic heterocycles. The number of benzene rings is 1. The summed E-state index contributed by atoms with van der Waals surface area (Å²) in [7, 11) is 4.44. The van der Waals surface area contributed by atoms with E-state index in [0.717, 1.165) is 0 Å². The number of amides is 1. The zero-order valence-corrected chi connectivity index (χ0v) is 20.3. The van der Waals surface area contributed by atoms with Crippen molar-refractivity contribution < 1.29 is 44.0 Å². The average Bonchev–Trinajstić information content (AvgIpc) is 2.80. The first-order chi connectivity index (χ1) is 16.9. The van der Waals surface area contributed by atoms with Gasteiger partial charge in [-0.15, -0.1) is 0 Å². The van der Waals surface area contributed by atoms with Gasteiger partial charge in [0.1, 0.15) is 11.7 Å². The second kappa shape index (κ2) is 9.06. The Bertz CT molecular complexity index is 1160. The van der Waals surface area contributed by atoms with Crippen LogP contribution < -0.4 is 5.73 Å². The molecule has 0 radical (unpaired) electrons. The molecule has 36 heavy (non-hydrogen) atoms. The molecule has 0 heterocycles. The molecule has 0 bridgehead atoms. The van der Waals surface area contributed by atoms with Gasteiger partial charge in [0.05, 0.1) is 24.7 Å². The number of carbonyl (C=O) groups excluding carboxylic acids is 5. The second-order valence-corrected chi connectivity index (χ2v) is 10.1. The molecule has 3 unspecified atom stereocenters. The maximum atomic E-state index is 13.8. The minimum Gasteiger partial charge on any atom is -0.507 e. The van der Waals surface area contributed by atoms with Crippen LogP contribution >= 0.6 is 0 Å². The molecular formula is C25H30N2O9. The fourth-order valence-corrected chi connectivity index (χ4v) is 6.46. The van der Waals surface area contributed by atoms with E-state index in [4.69, 9.17) is 10.5 Å². The number of aliphatic hydroxyl groups is 2. The Morgan fingerprint density at radius 1 is 1.19 bits per heavy atom. The summed E-state index contributed by atoms with van der Waals surface area (Å²) in [4.78, 5) is 65.9. The van der Waals surface area contributed by atoms with Gasteiger partial charge in [0.2, 0.25) is 5.91 Å². The fourth-order valence-electron chi connectivity index (χ4n) is 6.46. The van der Waals surface area contributed by atoms with Crippen LogP contribution in [0.3, 0.4) is 0 Å². The zero-order chi connectivity index (χ0) is 26.7. The van der Waals surface area contributed by atoms with Crippen molar-refractivity contribution in [2.75, 3.05) is 21.2 Å². The van der Waals surface area contributed by atoms with Gasteiger partial charge in [0.25, 0.3) is 0 Å². The number of ketones is 3. The molecule has 4 rings (SSSR count). The lowest BCUT2D eigenvalue weighted by Crippen LogP contribution is -2.75. The van der Waals surface area contributed by atoms with Crippen LogP contribution in [0.25, 0.3) is 0 Å². The first-order valence-corrected chi connectivity index (χ1v) is 11.8. The lowest BCUT2D eigenvalue weighted by atomic mass is 9.52. The number of carbonyl (C=O) groups is 5. The number of rotatable bonds is 5. The van der Waals surface area contributed by atoms with Gasteiger partial charge < -0.3 is 30.7 Å². The lowest BCUT2D eigenvalue weighted by molar-refractivity contribution is -0.190. The number of phenolic OH excluding ortho intramolecular Hbond substituents is 1. The summed E-state index contributed by atoms with van der Waals surface area (Å²) in [6.45, 7) is 0. The van der Waals surface area contributed by atoms with Crippen LogP contribution in [0, 0.1) is 23.7 Å². The average molecular weight is 503 g/mol. The molecule has 11 nitrogen and oxygen atoms in total. The predicted molar refractivity (Wildman–Crippen MR) is 123 cm³/mol. The van der Waals surface area contributed by atoms with Gasteiger partial charge >= 0.3 is 5.97 Å². The summed E-state index contributed by atoms with van der Waals surface area (Å²) in [5, 5.41) is 33.0. The van der Waals surface area contributed by atoms with Gasteiger partial charge in [-0.05, 0) is 56.5 Å². The number of aliphatic hydroxyl groups excluding tert-OH is 1. The van der Waals surface area contributed by atoms with Crippen LogP contribution in [0.5, 0.6) is 5.75 Å². The number of hydrogen-bond acceptors (Lipinski definition) is 10. The van der Waals surface area contributed by atoms with E-state index in [1.54, 1.807) is 20.2 Å². The number of nitrogens with two attached hydrogens (primary N) is 1. The third-order valence-corrected chi connectivity index (χ3v) is 8.10. The molecule has 0 spiro atoms. The molecule has 11 heteroatoms. The highest BCUT2D eigenvalue weighted by Crippen LogP contribution is 2.51. The highest BCUT2D eigenvalue weighted by atomic mass is 16.5. The van der Waals surface area contributed by atoms with Gasteiger partial charge in [-0.25, -0.2) is 0 Å². The molecule has 2 saturated carbocycles. The van der Waals surface area contributed by atoms with Crippen LogP contribution in [0.4, 0.5) is 0 Å². The molecule has 1 aromatic carbocycles. The number of primary amides is 1. The quantitative estimate of drug-likeness (QED) is 0.281. The molecule has 3 aliphatic rings. The molecule has 3 aliphatic carbocycles. The first kappa shape index (κ1) is 25.9. The Kier molecular flexibility index (Phi) is 6.52. The van der Waals surface area contributed by atoms with Crippen molar-refractivity contribution in [1.29, 1.82) is 0 Å². The van der Waals surface area contributed by atoms with Crippen molar-refractivity contribution in [2.45, 2.75) is 43.4 Å². The Hall–Kier alpha value is -3.15. The van der Waals surface area contributed by atoms with Crippen molar-refractivity contribution in [3.05, 3.63) is 28.8 Å². The van der Waals surface area contributed by atoms with Gasteiger partial charge in [-0.2, -0.15) is 0 Å². The summed E-state index contributed by atoms with van der Waals surface area (Å²) in [5.74, 6) is -9.90. The number of hydrogen-bond donors (Lipinski definition) is 4. The zero-order valence-electron chi connectivity index (χ0n) is 20.3. The van der Waals surface area contributed by atoms with Gasteiger partial charge in [-0.3, -0.25) is 24.0 Å². The predicted octanol–water partition coefficient (Wildman–Crippen LogP) is -1.24. The van der Waals surface area contributed by atoms with Crippen LogP contribution in [0.15, 0.2) is 12.1 Å². The summed E-state index contributed by atoms with van der Waals surface area (Å²) in [6, 6.07) is 1.95. The Morgan fingerprint density at radius 3 is 2.44 bits per heavy atom. The number of ether oxygens (including phenoxy) is 1. The van der Waals surface area contributed by atoms with Crippen molar-refractivity contribution in [3.8, 4) is 5.75 Å². The van der Waals surface area contributed by atoms with Crippen LogP contribution in [-0.2, 0) is 36.8 Å². The number of aromatic hydroxyl groups is 1. The molecule has 7 atom stereocenters. The molecule has 0 saturated heterocycles. The Morgan fingerprint density at radius 2 is 1.86 bits per heavy atom. The van der Waals surface area contributed by atoms with Gasteiger partial charge in [0, 0.05) is 18.4 Å². The molecule has 2 fully saturated rings. The summed E-state index contributed by atoms with van der Waals surface area (Å²) in [5.41, 5.74) is 3.74. The number of likely N-dealkylation sites (N-methyl/N-ethyl adjacent to an activating group) is 1. The topological polar surface area (TPSA) is 185 Å². The standard InChI is InChI=1S/C25H30N2O9/c1-27(2)19-13-9-11-8-12-10(5-7-15(29)36-3)4-6-14(28)17(12)20(30)16(11)22(32)25(13,35)23(33)18(21(19)31)24(26)34/h4,6,11,13,16,18-19,21,28,31,35H,5,7-9H2,1-3H3,(H2,26,34)/t11-,13-,16?,18?,19-,21?,25-/m1/s1. The first-order valence-electron chi connectivity index (χ1n) is 11.8. The van der Waals surface area contributed by atoms with E-state index in [0.29, 0.717) is 11.1 Å².